The lowest BCUT2D eigenvalue weighted by molar-refractivity contribution is 0.266. The highest BCUT2D eigenvalue weighted by atomic mass is 16.5. The van der Waals surface area contributed by atoms with Gasteiger partial charge in [-0.2, -0.15) is 5.26 Å². The van der Waals surface area contributed by atoms with Gasteiger partial charge in [-0.1, -0.05) is 30.3 Å². The lowest BCUT2D eigenvalue weighted by Crippen LogP contribution is -2.15. The molecule has 0 spiro atoms. The molecule has 0 bridgehead atoms. The van der Waals surface area contributed by atoms with E-state index in [0.29, 0.717) is 6.61 Å². The zero-order valence-corrected chi connectivity index (χ0v) is 9.10. The minimum atomic E-state index is -0.615. The Balaban J connectivity index is 2.92. The Kier molecular flexibility index (Phi) is 3.93. The molecule has 1 rings (SSSR count). The Morgan fingerprint density at radius 2 is 2.07 bits per heavy atom. The molecule has 1 unspecified atom stereocenters. The van der Waals surface area contributed by atoms with Crippen LogP contribution < -0.4 is 0 Å². The Morgan fingerprint density at radius 3 is 2.60 bits per heavy atom. The third kappa shape index (κ3) is 2.85. The van der Waals surface area contributed by atoms with E-state index in [2.05, 4.69) is 6.07 Å². The molecule has 1 aromatic carbocycles. The van der Waals surface area contributed by atoms with Gasteiger partial charge in [0.25, 0.3) is 0 Å². The van der Waals surface area contributed by atoms with E-state index in [1.165, 1.54) is 0 Å². The highest BCUT2D eigenvalue weighted by molar-refractivity contribution is 5.36. The quantitative estimate of drug-likeness (QED) is 0.701. The maximum atomic E-state index is 9.18. The van der Waals surface area contributed by atoms with Crippen LogP contribution in [-0.2, 0) is 10.2 Å². The average molecular weight is 201 g/mol. The summed E-state index contributed by atoms with van der Waals surface area (Å²) in [5.41, 5.74) is 0.361. The fourth-order valence-electron chi connectivity index (χ4n) is 1.26. The molecule has 1 atom stereocenters. The number of nitriles is 1. The first-order chi connectivity index (χ1) is 7.23. The zero-order chi connectivity index (χ0) is 11.1. The predicted molar refractivity (Wildman–Crippen MR) is 60.2 cm³/mol. The minimum Gasteiger partial charge on any atom is -0.502 e. The van der Waals surface area contributed by atoms with Crippen LogP contribution in [0.15, 0.2) is 42.7 Å². The molecule has 2 heteroatoms. The second-order valence-corrected chi connectivity index (χ2v) is 3.44. The molecule has 0 saturated heterocycles. The predicted octanol–water partition coefficient (Wildman–Crippen LogP) is 3.02. The van der Waals surface area contributed by atoms with Gasteiger partial charge in [-0.3, -0.25) is 0 Å². The van der Waals surface area contributed by atoms with Crippen molar-refractivity contribution in [2.24, 2.45) is 0 Å². The van der Waals surface area contributed by atoms with E-state index < -0.39 is 5.41 Å². The summed E-state index contributed by atoms with van der Waals surface area (Å²) in [5.74, 6) is 0. The third-order valence-corrected chi connectivity index (χ3v) is 2.27. The molecule has 0 heterocycles. The van der Waals surface area contributed by atoms with Gasteiger partial charge in [0.2, 0.25) is 0 Å². The summed E-state index contributed by atoms with van der Waals surface area (Å²) >= 11 is 0. The Hall–Kier alpha value is -1.75. The SMILES string of the molecule is CCO/C=C/C(C)(C#N)c1ccccc1. The molecule has 0 aliphatic rings. The second kappa shape index (κ2) is 5.21. The molecule has 0 aliphatic carbocycles. The first-order valence-corrected chi connectivity index (χ1v) is 4.99. The maximum absolute atomic E-state index is 9.18. The Bertz CT molecular complexity index is 364. The molecule has 78 valence electrons. The largest absolute Gasteiger partial charge is 0.502 e. The van der Waals surface area contributed by atoms with Gasteiger partial charge in [0.1, 0.15) is 5.41 Å². The number of nitrogens with zero attached hydrogens (tertiary/aromatic N) is 1. The summed E-state index contributed by atoms with van der Waals surface area (Å²) in [4.78, 5) is 0. The van der Waals surface area contributed by atoms with Gasteiger partial charge in [-0.15, -0.1) is 0 Å². The molecule has 0 radical (unpaired) electrons. The fraction of sp³-hybridized carbons (Fsp3) is 0.308. The molecular weight excluding hydrogens is 186 g/mol. The van der Waals surface area contributed by atoms with Gasteiger partial charge < -0.3 is 4.74 Å². The molecule has 1 aromatic rings. The molecule has 0 saturated carbocycles. The van der Waals surface area contributed by atoms with E-state index in [-0.39, 0.29) is 0 Å². The van der Waals surface area contributed by atoms with E-state index >= 15 is 0 Å². The van der Waals surface area contributed by atoms with Crippen molar-refractivity contribution in [1.29, 1.82) is 5.26 Å². The average Bonchev–Trinajstić information content (AvgIpc) is 2.30. The van der Waals surface area contributed by atoms with Crippen molar-refractivity contribution in [1.82, 2.24) is 0 Å². The van der Waals surface area contributed by atoms with Gasteiger partial charge in [-0.25, -0.2) is 0 Å². The van der Waals surface area contributed by atoms with Crippen LogP contribution in [0.5, 0.6) is 0 Å². The van der Waals surface area contributed by atoms with Gasteiger partial charge in [-0.05, 0) is 25.5 Å². The molecule has 15 heavy (non-hydrogen) atoms. The van der Waals surface area contributed by atoms with Crippen LogP contribution in [0.1, 0.15) is 19.4 Å². The van der Waals surface area contributed by atoms with E-state index in [0.717, 1.165) is 5.56 Å². The lowest BCUT2D eigenvalue weighted by atomic mass is 9.84. The molecule has 0 aliphatic heterocycles. The molecular formula is C13H15NO. The Labute approximate surface area is 90.8 Å². The smallest absolute Gasteiger partial charge is 0.101 e. The number of hydrogen-bond donors (Lipinski definition) is 0. The fourth-order valence-corrected chi connectivity index (χ4v) is 1.26. The third-order valence-electron chi connectivity index (χ3n) is 2.27. The van der Waals surface area contributed by atoms with Crippen LogP contribution in [0.2, 0.25) is 0 Å². The standard InChI is InChI=1S/C13H15NO/c1-3-15-10-9-13(2,11-14)12-7-5-4-6-8-12/h4-10H,3H2,1-2H3/b10-9+. The first-order valence-electron chi connectivity index (χ1n) is 4.99. The van der Waals surface area contributed by atoms with Crippen molar-refractivity contribution in [2.45, 2.75) is 19.3 Å². The first kappa shape index (κ1) is 11.3. The summed E-state index contributed by atoms with van der Waals surface area (Å²) in [6, 6.07) is 12.0. The molecule has 0 N–H and O–H groups in total. The number of benzene rings is 1. The van der Waals surface area contributed by atoms with E-state index in [1.807, 2.05) is 44.2 Å². The number of hydrogen-bond acceptors (Lipinski definition) is 2. The number of allylic oxidation sites excluding steroid dienone is 1. The maximum Gasteiger partial charge on any atom is 0.101 e. The zero-order valence-electron chi connectivity index (χ0n) is 9.10. The normalized spacial score (nSPS) is 14.5. The van der Waals surface area contributed by atoms with Gasteiger partial charge in [0.15, 0.2) is 0 Å². The van der Waals surface area contributed by atoms with Crippen LogP contribution >= 0.6 is 0 Å². The van der Waals surface area contributed by atoms with Crippen molar-refractivity contribution < 1.29 is 4.74 Å². The summed E-state index contributed by atoms with van der Waals surface area (Å²) in [6.45, 7) is 4.40. The van der Waals surface area contributed by atoms with Crippen molar-refractivity contribution in [3.05, 3.63) is 48.2 Å². The van der Waals surface area contributed by atoms with Crippen LogP contribution in [0.4, 0.5) is 0 Å². The lowest BCUT2D eigenvalue weighted by Gasteiger charge is -2.16. The monoisotopic (exact) mass is 201 g/mol. The van der Waals surface area contributed by atoms with Gasteiger partial charge in [0, 0.05) is 0 Å². The number of rotatable bonds is 4. The second-order valence-electron chi connectivity index (χ2n) is 3.44. The summed E-state index contributed by atoms with van der Waals surface area (Å²) < 4.78 is 5.12. The van der Waals surface area contributed by atoms with Crippen molar-refractivity contribution in [3.63, 3.8) is 0 Å². The Morgan fingerprint density at radius 1 is 1.40 bits per heavy atom. The molecule has 0 amide bonds. The van der Waals surface area contributed by atoms with Crippen LogP contribution in [0.25, 0.3) is 0 Å². The van der Waals surface area contributed by atoms with Crippen LogP contribution in [0, 0.1) is 11.3 Å². The van der Waals surface area contributed by atoms with E-state index in [4.69, 9.17) is 4.74 Å². The highest BCUT2D eigenvalue weighted by Gasteiger charge is 2.22. The van der Waals surface area contributed by atoms with E-state index in [9.17, 15) is 5.26 Å². The van der Waals surface area contributed by atoms with Crippen LogP contribution in [0.3, 0.4) is 0 Å². The molecule has 2 nitrogen and oxygen atoms in total. The van der Waals surface area contributed by atoms with Crippen LogP contribution in [-0.4, -0.2) is 6.61 Å². The highest BCUT2D eigenvalue weighted by Crippen LogP contribution is 2.24. The molecule has 0 fully saturated rings. The van der Waals surface area contributed by atoms with Crippen molar-refractivity contribution in [3.8, 4) is 6.07 Å². The van der Waals surface area contributed by atoms with Crippen molar-refractivity contribution >= 4 is 0 Å². The van der Waals surface area contributed by atoms with Gasteiger partial charge in [0.05, 0.1) is 18.9 Å². The molecule has 0 aromatic heterocycles. The van der Waals surface area contributed by atoms with Crippen molar-refractivity contribution in [2.75, 3.05) is 6.61 Å². The summed E-state index contributed by atoms with van der Waals surface area (Å²) in [6.07, 6.45) is 3.38. The summed E-state index contributed by atoms with van der Waals surface area (Å²) in [5, 5.41) is 9.18. The summed E-state index contributed by atoms with van der Waals surface area (Å²) in [7, 11) is 0. The minimum absolute atomic E-state index is 0.615. The number of ether oxygens (including phenoxy) is 1. The van der Waals surface area contributed by atoms with E-state index in [1.54, 1.807) is 12.3 Å². The topological polar surface area (TPSA) is 33.0 Å². The van der Waals surface area contributed by atoms with Gasteiger partial charge >= 0.3 is 0 Å².